The molecule has 2 aromatic carbocycles. The van der Waals surface area contributed by atoms with Crippen molar-refractivity contribution in [2.75, 3.05) is 7.05 Å². The summed E-state index contributed by atoms with van der Waals surface area (Å²) in [6.07, 6.45) is 2.37. The van der Waals surface area contributed by atoms with Gasteiger partial charge < -0.3 is 5.32 Å². The molecule has 0 bridgehead atoms. The molecule has 0 aromatic heterocycles. The number of benzene rings is 2. The fourth-order valence-corrected chi connectivity index (χ4v) is 3.26. The zero-order valence-corrected chi connectivity index (χ0v) is 13.0. The summed E-state index contributed by atoms with van der Waals surface area (Å²) in [6, 6.07) is 17.6. The van der Waals surface area contributed by atoms with Crippen LogP contribution in [0.25, 0.3) is 0 Å². The van der Waals surface area contributed by atoms with Gasteiger partial charge in [-0.1, -0.05) is 48.0 Å². The summed E-state index contributed by atoms with van der Waals surface area (Å²) in [7, 11) is 2.05. The average Bonchev–Trinajstić information content (AvgIpc) is 2.47. The summed E-state index contributed by atoms with van der Waals surface area (Å²) < 4.78 is 0. The summed E-state index contributed by atoms with van der Waals surface area (Å²) in [4.78, 5) is 0. The molecule has 20 heavy (non-hydrogen) atoms. The maximum absolute atomic E-state index is 5.99. The molecule has 0 saturated heterocycles. The van der Waals surface area contributed by atoms with Crippen LogP contribution in [-0.2, 0) is 0 Å². The summed E-state index contributed by atoms with van der Waals surface area (Å²) in [5.41, 5.74) is 4.26. The SMILES string of the molecule is CNC1CCC(c2ccc(Cl)cc2)c2ccccc21.Cl. The molecule has 106 valence electrons. The molecule has 0 amide bonds. The van der Waals surface area contributed by atoms with E-state index >= 15 is 0 Å². The van der Waals surface area contributed by atoms with Crippen LogP contribution in [0.5, 0.6) is 0 Å². The molecule has 2 atom stereocenters. The first-order valence-corrected chi connectivity index (χ1v) is 7.19. The highest BCUT2D eigenvalue weighted by atomic mass is 35.5. The van der Waals surface area contributed by atoms with E-state index in [1.165, 1.54) is 29.5 Å². The fraction of sp³-hybridized carbons (Fsp3) is 0.294. The first kappa shape index (κ1) is 15.4. The van der Waals surface area contributed by atoms with Gasteiger partial charge in [0.15, 0.2) is 0 Å². The monoisotopic (exact) mass is 307 g/mol. The zero-order chi connectivity index (χ0) is 13.2. The number of halogens is 2. The number of nitrogens with one attached hydrogen (secondary N) is 1. The summed E-state index contributed by atoms with van der Waals surface area (Å²) in [5.74, 6) is 0.498. The molecule has 3 rings (SSSR count). The molecule has 0 saturated carbocycles. The van der Waals surface area contributed by atoms with Crippen LogP contribution in [0.2, 0.25) is 5.02 Å². The van der Waals surface area contributed by atoms with E-state index in [0.29, 0.717) is 12.0 Å². The van der Waals surface area contributed by atoms with Crippen molar-refractivity contribution in [3.8, 4) is 0 Å². The number of fused-ring (bicyclic) bond motifs is 1. The minimum atomic E-state index is 0. The maximum atomic E-state index is 5.99. The van der Waals surface area contributed by atoms with Gasteiger partial charge in [-0.25, -0.2) is 0 Å². The van der Waals surface area contributed by atoms with Crippen LogP contribution in [-0.4, -0.2) is 7.05 Å². The predicted molar refractivity (Wildman–Crippen MR) is 88.0 cm³/mol. The van der Waals surface area contributed by atoms with Gasteiger partial charge in [0.2, 0.25) is 0 Å². The molecule has 0 spiro atoms. The van der Waals surface area contributed by atoms with E-state index in [0.717, 1.165) is 5.02 Å². The predicted octanol–water partition coefficient (Wildman–Crippen LogP) is 4.95. The lowest BCUT2D eigenvalue weighted by Crippen LogP contribution is -2.24. The third-order valence-corrected chi connectivity index (χ3v) is 4.36. The van der Waals surface area contributed by atoms with E-state index in [2.05, 4.69) is 41.7 Å². The highest BCUT2D eigenvalue weighted by Gasteiger charge is 2.26. The zero-order valence-electron chi connectivity index (χ0n) is 11.5. The maximum Gasteiger partial charge on any atom is 0.0406 e. The van der Waals surface area contributed by atoms with Crippen molar-refractivity contribution in [1.82, 2.24) is 5.32 Å². The standard InChI is InChI=1S/C17H18ClN.ClH/c1-19-17-11-10-14(12-6-8-13(18)9-7-12)15-4-2-3-5-16(15)17;/h2-9,14,17,19H,10-11H2,1H3;1H. The molecule has 0 heterocycles. The lowest BCUT2D eigenvalue weighted by Gasteiger charge is -2.31. The average molecular weight is 308 g/mol. The Bertz CT molecular complexity index is 565. The Morgan fingerprint density at radius 2 is 1.60 bits per heavy atom. The quantitative estimate of drug-likeness (QED) is 0.828. The second-order valence-electron chi connectivity index (χ2n) is 5.15. The molecule has 1 nitrogen and oxygen atoms in total. The largest absolute Gasteiger partial charge is 0.313 e. The van der Waals surface area contributed by atoms with Crippen LogP contribution in [0.1, 0.15) is 41.5 Å². The Morgan fingerprint density at radius 3 is 2.25 bits per heavy atom. The minimum absolute atomic E-state index is 0. The Morgan fingerprint density at radius 1 is 0.950 bits per heavy atom. The Hall–Kier alpha value is -1.02. The van der Waals surface area contributed by atoms with Crippen LogP contribution >= 0.6 is 24.0 Å². The molecule has 1 N–H and O–H groups in total. The van der Waals surface area contributed by atoms with Gasteiger partial charge in [-0.15, -0.1) is 12.4 Å². The van der Waals surface area contributed by atoms with Crippen molar-refractivity contribution in [2.45, 2.75) is 24.8 Å². The van der Waals surface area contributed by atoms with Crippen LogP contribution < -0.4 is 5.32 Å². The fourth-order valence-electron chi connectivity index (χ4n) is 3.13. The normalized spacial score (nSPS) is 20.9. The van der Waals surface area contributed by atoms with E-state index in [9.17, 15) is 0 Å². The molecule has 3 heteroatoms. The third-order valence-electron chi connectivity index (χ3n) is 4.11. The molecular weight excluding hydrogens is 289 g/mol. The van der Waals surface area contributed by atoms with Gasteiger partial charge >= 0.3 is 0 Å². The van der Waals surface area contributed by atoms with Crippen molar-refractivity contribution < 1.29 is 0 Å². The second kappa shape index (κ2) is 6.62. The van der Waals surface area contributed by atoms with E-state index in [4.69, 9.17) is 11.6 Å². The Labute approximate surface area is 131 Å². The number of hydrogen-bond acceptors (Lipinski definition) is 1. The van der Waals surface area contributed by atoms with Gasteiger partial charge in [-0.2, -0.15) is 0 Å². The van der Waals surface area contributed by atoms with Crippen LogP contribution in [0, 0.1) is 0 Å². The molecule has 0 fully saturated rings. The molecule has 0 radical (unpaired) electrons. The van der Waals surface area contributed by atoms with Crippen molar-refractivity contribution in [3.63, 3.8) is 0 Å². The molecule has 2 aromatic rings. The lowest BCUT2D eigenvalue weighted by molar-refractivity contribution is 0.471. The lowest BCUT2D eigenvalue weighted by atomic mass is 9.77. The molecular formula is C17H19Cl2N. The molecule has 1 aliphatic rings. The van der Waals surface area contributed by atoms with Crippen LogP contribution in [0.3, 0.4) is 0 Å². The minimum Gasteiger partial charge on any atom is -0.313 e. The van der Waals surface area contributed by atoms with Gasteiger partial charge in [0, 0.05) is 17.0 Å². The highest BCUT2D eigenvalue weighted by molar-refractivity contribution is 6.30. The second-order valence-corrected chi connectivity index (χ2v) is 5.59. The molecule has 2 unspecified atom stereocenters. The van der Waals surface area contributed by atoms with Crippen molar-refractivity contribution >= 4 is 24.0 Å². The van der Waals surface area contributed by atoms with Gasteiger partial charge in [0.05, 0.1) is 0 Å². The first-order valence-electron chi connectivity index (χ1n) is 6.81. The topological polar surface area (TPSA) is 12.0 Å². The summed E-state index contributed by atoms with van der Waals surface area (Å²) >= 11 is 5.99. The number of rotatable bonds is 2. The number of hydrogen-bond donors (Lipinski definition) is 1. The van der Waals surface area contributed by atoms with Crippen molar-refractivity contribution in [3.05, 3.63) is 70.2 Å². The van der Waals surface area contributed by atoms with Gasteiger partial charge in [-0.3, -0.25) is 0 Å². The third kappa shape index (κ3) is 2.85. The first-order chi connectivity index (χ1) is 9.29. The van der Waals surface area contributed by atoms with Crippen molar-refractivity contribution in [2.24, 2.45) is 0 Å². The van der Waals surface area contributed by atoms with Gasteiger partial charge in [0.25, 0.3) is 0 Å². The summed E-state index contributed by atoms with van der Waals surface area (Å²) in [5, 5.41) is 4.23. The molecule has 0 aliphatic heterocycles. The molecule has 1 aliphatic carbocycles. The van der Waals surface area contributed by atoms with Gasteiger partial charge in [-0.05, 0) is 48.7 Å². The smallest absolute Gasteiger partial charge is 0.0406 e. The Balaban J connectivity index is 0.00000147. The Kier molecular flexibility index (Phi) is 5.09. The van der Waals surface area contributed by atoms with E-state index < -0.39 is 0 Å². The van der Waals surface area contributed by atoms with Crippen molar-refractivity contribution in [1.29, 1.82) is 0 Å². The van der Waals surface area contributed by atoms with Crippen LogP contribution in [0.15, 0.2) is 48.5 Å². The summed E-state index contributed by atoms with van der Waals surface area (Å²) in [6.45, 7) is 0. The van der Waals surface area contributed by atoms with Crippen LogP contribution in [0.4, 0.5) is 0 Å². The highest BCUT2D eigenvalue weighted by Crippen LogP contribution is 2.41. The van der Waals surface area contributed by atoms with E-state index in [-0.39, 0.29) is 12.4 Å². The van der Waals surface area contributed by atoms with E-state index in [1.54, 1.807) is 0 Å². The van der Waals surface area contributed by atoms with E-state index in [1.807, 2.05) is 19.2 Å². The van der Waals surface area contributed by atoms with Gasteiger partial charge in [0.1, 0.15) is 0 Å².